The summed E-state index contributed by atoms with van der Waals surface area (Å²) in [6.45, 7) is 2.35. The van der Waals surface area contributed by atoms with Crippen LogP contribution in [0.15, 0.2) is 23.1 Å². The number of nitrogens with one attached hydrogen (secondary N) is 1. The summed E-state index contributed by atoms with van der Waals surface area (Å²) < 4.78 is 32.7. The number of hydrogen-bond donors (Lipinski definition) is 1. The number of anilines is 1. The van der Waals surface area contributed by atoms with Crippen LogP contribution in [-0.2, 0) is 14.8 Å². The number of nitrogens with zero attached hydrogens (tertiary/aromatic N) is 2. The lowest BCUT2D eigenvalue weighted by atomic mass is 10.0. The van der Waals surface area contributed by atoms with E-state index in [1.54, 1.807) is 12.1 Å². The number of hydrogen-bond acceptors (Lipinski definition) is 5. The highest BCUT2D eigenvalue weighted by molar-refractivity contribution is 7.89. The standard InChI is InChI=1S/C19H29N3O4S/c1-21-9-11-22(12-10-21)27(24,25)16-7-8-18(26-2)17(14-16)20-19(23)13-15-5-3-4-6-15/h7-8,14-15H,3-6,9-13H2,1-2H3,(H,20,23). The molecule has 0 atom stereocenters. The summed E-state index contributed by atoms with van der Waals surface area (Å²) in [7, 11) is -0.0993. The van der Waals surface area contributed by atoms with Gasteiger partial charge in [0.25, 0.3) is 0 Å². The number of piperazine rings is 1. The topological polar surface area (TPSA) is 79.0 Å². The van der Waals surface area contributed by atoms with Crippen LogP contribution in [0.25, 0.3) is 0 Å². The van der Waals surface area contributed by atoms with Gasteiger partial charge in [0.05, 0.1) is 17.7 Å². The first-order valence-electron chi connectivity index (χ1n) is 9.56. The van der Waals surface area contributed by atoms with Crippen molar-refractivity contribution in [2.45, 2.75) is 37.0 Å². The van der Waals surface area contributed by atoms with Gasteiger partial charge in [-0.1, -0.05) is 12.8 Å². The minimum Gasteiger partial charge on any atom is -0.495 e. The van der Waals surface area contributed by atoms with Crippen LogP contribution in [-0.4, -0.2) is 63.9 Å². The van der Waals surface area contributed by atoms with Gasteiger partial charge in [-0.15, -0.1) is 0 Å². The van der Waals surface area contributed by atoms with Gasteiger partial charge in [-0.2, -0.15) is 4.31 Å². The van der Waals surface area contributed by atoms with Gasteiger partial charge in [0.1, 0.15) is 5.75 Å². The maximum Gasteiger partial charge on any atom is 0.243 e. The van der Waals surface area contributed by atoms with Crippen LogP contribution in [0.5, 0.6) is 5.75 Å². The summed E-state index contributed by atoms with van der Waals surface area (Å²) in [5.74, 6) is 0.801. The summed E-state index contributed by atoms with van der Waals surface area (Å²) in [6.07, 6.45) is 5.00. The summed E-state index contributed by atoms with van der Waals surface area (Å²) in [6, 6.07) is 4.66. The average molecular weight is 396 g/mol. The van der Waals surface area contributed by atoms with Crippen LogP contribution in [0.1, 0.15) is 32.1 Å². The molecule has 1 aliphatic heterocycles. The third-order valence-corrected chi connectivity index (χ3v) is 7.39. The highest BCUT2D eigenvalue weighted by Crippen LogP contribution is 2.31. The molecule has 1 saturated heterocycles. The molecular formula is C19H29N3O4S. The van der Waals surface area contributed by atoms with Gasteiger partial charge in [0, 0.05) is 32.6 Å². The van der Waals surface area contributed by atoms with E-state index in [0.717, 1.165) is 12.8 Å². The fourth-order valence-electron chi connectivity index (χ4n) is 3.80. The molecule has 2 fully saturated rings. The van der Waals surface area contributed by atoms with Crippen molar-refractivity contribution in [3.8, 4) is 5.75 Å². The van der Waals surface area contributed by atoms with Gasteiger partial charge in [-0.05, 0) is 44.0 Å². The van der Waals surface area contributed by atoms with Crippen molar-refractivity contribution in [3.63, 3.8) is 0 Å². The SMILES string of the molecule is COc1ccc(S(=O)(=O)N2CCN(C)CC2)cc1NC(=O)CC1CCCC1. The van der Waals surface area contributed by atoms with Crippen LogP contribution < -0.4 is 10.1 Å². The molecule has 1 aromatic rings. The summed E-state index contributed by atoms with van der Waals surface area (Å²) >= 11 is 0. The highest BCUT2D eigenvalue weighted by Gasteiger charge is 2.28. The molecule has 8 heteroatoms. The molecule has 2 aliphatic rings. The molecule has 1 amide bonds. The molecule has 0 bridgehead atoms. The Labute approximate surface area is 161 Å². The number of likely N-dealkylation sites (N-methyl/N-ethyl adjacent to an activating group) is 1. The zero-order valence-corrected chi connectivity index (χ0v) is 16.9. The predicted octanol–water partition coefficient (Wildman–Crippen LogP) is 2.15. The second-order valence-electron chi connectivity index (χ2n) is 7.47. The molecule has 0 unspecified atom stereocenters. The van der Waals surface area contributed by atoms with Gasteiger partial charge in [0.2, 0.25) is 15.9 Å². The summed E-state index contributed by atoms with van der Waals surface area (Å²) in [5, 5.41) is 2.86. The lowest BCUT2D eigenvalue weighted by Gasteiger charge is -2.31. The van der Waals surface area contributed by atoms with Gasteiger partial charge in [-0.3, -0.25) is 4.79 Å². The maximum absolute atomic E-state index is 13.0. The van der Waals surface area contributed by atoms with Gasteiger partial charge in [-0.25, -0.2) is 8.42 Å². The first kappa shape index (κ1) is 20.1. The zero-order chi connectivity index (χ0) is 19.4. The Hall–Kier alpha value is -1.64. The number of methoxy groups -OCH3 is 1. The van der Waals surface area contributed by atoms with E-state index < -0.39 is 10.0 Å². The predicted molar refractivity (Wildman–Crippen MR) is 104 cm³/mol. The fourth-order valence-corrected chi connectivity index (χ4v) is 5.25. The first-order valence-corrected chi connectivity index (χ1v) is 11.0. The largest absolute Gasteiger partial charge is 0.495 e. The molecule has 1 aromatic carbocycles. The molecule has 0 aromatic heterocycles. The summed E-state index contributed by atoms with van der Waals surface area (Å²) in [4.78, 5) is 14.7. The van der Waals surface area contributed by atoms with Gasteiger partial charge >= 0.3 is 0 Å². The number of carbonyl (C=O) groups is 1. The molecule has 1 saturated carbocycles. The highest BCUT2D eigenvalue weighted by atomic mass is 32.2. The third kappa shape index (κ3) is 4.80. The molecule has 1 heterocycles. The van der Waals surface area contributed by atoms with Crippen molar-refractivity contribution in [3.05, 3.63) is 18.2 Å². The minimum atomic E-state index is -3.59. The van der Waals surface area contributed by atoms with Crippen molar-refractivity contribution < 1.29 is 17.9 Å². The molecule has 1 aliphatic carbocycles. The Morgan fingerprint density at radius 3 is 2.48 bits per heavy atom. The van der Waals surface area contributed by atoms with Gasteiger partial charge in [0.15, 0.2) is 0 Å². The van der Waals surface area contributed by atoms with E-state index in [9.17, 15) is 13.2 Å². The number of amides is 1. The smallest absolute Gasteiger partial charge is 0.243 e. The summed E-state index contributed by atoms with van der Waals surface area (Å²) in [5.41, 5.74) is 0.413. The van der Waals surface area contributed by atoms with Gasteiger partial charge < -0.3 is 15.0 Å². The van der Waals surface area contributed by atoms with Crippen LogP contribution in [0, 0.1) is 5.92 Å². The first-order chi connectivity index (χ1) is 12.9. The second-order valence-corrected chi connectivity index (χ2v) is 9.41. The van der Waals surface area contributed by atoms with Crippen molar-refractivity contribution in [2.24, 2.45) is 5.92 Å². The number of sulfonamides is 1. The Morgan fingerprint density at radius 2 is 1.85 bits per heavy atom. The number of rotatable bonds is 6. The van der Waals surface area contributed by atoms with Crippen LogP contribution in [0.2, 0.25) is 0 Å². The Morgan fingerprint density at radius 1 is 1.19 bits per heavy atom. The molecule has 1 N–H and O–H groups in total. The van der Waals surface area contributed by atoms with Crippen molar-refractivity contribution in [1.29, 1.82) is 0 Å². The minimum absolute atomic E-state index is 0.0886. The zero-order valence-electron chi connectivity index (χ0n) is 16.1. The average Bonchev–Trinajstić information content (AvgIpc) is 3.14. The van der Waals surface area contributed by atoms with E-state index >= 15 is 0 Å². The van der Waals surface area contributed by atoms with E-state index in [2.05, 4.69) is 10.2 Å². The lowest BCUT2D eigenvalue weighted by Crippen LogP contribution is -2.47. The quantitative estimate of drug-likeness (QED) is 0.798. The van der Waals surface area contributed by atoms with Crippen LogP contribution in [0.3, 0.4) is 0 Å². The second kappa shape index (κ2) is 8.58. The Balaban J connectivity index is 1.77. The van der Waals surface area contributed by atoms with Crippen molar-refractivity contribution >= 4 is 21.6 Å². The normalized spacial score (nSPS) is 19.9. The molecule has 27 heavy (non-hydrogen) atoms. The van der Waals surface area contributed by atoms with Crippen LogP contribution in [0.4, 0.5) is 5.69 Å². The molecule has 0 spiro atoms. The Bertz CT molecular complexity index is 767. The van der Waals surface area contributed by atoms with Crippen LogP contribution >= 0.6 is 0 Å². The van der Waals surface area contributed by atoms with E-state index in [1.165, 1.54) is 30.3 Å². The molecule has 150 valence electrons. The van der Waals surface area contributed by atoms with E-state index in [1.807, 2.05) is 7.05 Å². The number of carbonyl (C=O) groups excluding carboxylic acids is 1. The molecule has 0 radical (unpaired) electrons. The van der Waals surface area contributed by atoms with E-state index in [0.29, 0.717) is 50.0 Å². The van der Waals surface area contributed by atoms with Crippen molar-refractivity contribution in [2.75, 3.05) is 45.7 Å². The molecular weight excluding hydrogens is 366 g/mol. The third-order valence-electron chi connectivity index (χ3n) is 5.49. The molecule has 7 nitrogen and oxygen atoms in total. The van der Waals surface area contributed by atoms with Crippen molar-refractivity contribution in [1.82, 2.24) is 9.21 Å². The van der Waals surface area contributed by atoms with E-state index in [-0.39, 0.29) is 10.8 Å². The molecule has 3 rings (SSSR count). The maximum atomic E-state index is 13.0. The number of ether oxygens (including phenoxy) is 1. The Kier molecular flexibility index (Phi) is 6.39. The number of benzene rings is 1. The monoisotopic (exact) mass is 395 g/mol. The fraction of sp³-hybridized carbons (Fsp3) is 0.632. The van der Waals surface area contributed by atoms with E-state index in [4.69, 9.17) is 4.74 Å². The lowest BCUT2D eigenvalue weighted by molar-refractivity contribution is -0.117.